The average Bonchev–Trinajstić information content (AvgIpc) is 3.37. The first-order valence-corrected chi connectivity index (χ1v) is 14.1. The maximum atomic E-state index is 5.49. The molecule has 0 bridgehead atoms. The molecule has 7 heteroatoms. The van der Waals surface area contributed by atoms with Gasteiger partial charge in [0.1, 0.15) is 6.33 Å². The van der Waals surface area contributed by atoms with Gasteiger partial charge in [0.15, 0.2) is 11.5 Å². The van der Waals surface area contributed by atoms with Gasteiger partial charge in [0, 0.05) is 17.5 Å². The number of hydrogen-bond donors (Lipinski definition) is 0. The van der Waals surface area contributed by atoms with E-state index in [1.165, 1.54) is 5.19 Å². The molecule has 2 aromatic carbocycles. The van der Waals surface area contributed by atoms with Crippen LogP contribution in [0.5, 0.6) is 0 Å². The smallest absolute Gasteiger partial charge is 0.278 e. The molecule has 0 aliphatic carbocycles. The molecule has 5 rings (SSSR count). The van der Waals surface area contributed by atoms with Crippen molar-refractivity contribution < 1.29 is 4.52 Å². The zero-order valence-electron chi connectivity index (χ0n) is 18.3. The van der Waals surface area contributed by atoms with Crippen LogP contribution in [-0.2, 0) is 13.0 Å². The summed E-state index contributed by atoms with van der Waals surface area (Å²) in [5.74, 6) is 1.13. The molecular formula is C24H25N5OSi. The van der Waals surface area contributed by atoms with Gasteiger partial charge >= 0.3 is 0 Å². The summed E-state index contributed by atoms with van der Waals surface area (Å²) in [6.07, 6.45) is 2.56. The van der Waals surface area contributed by atoms with E-state index in [-0.39, 0.29) is 0 Å². The Balaban J connectivity index is 1.73. The number of benzene rings is 2. The van der Waals surface area contributed by atoms with E-state index in [9.17, 15) is 0 Å². The highest BCUT2D eigenvalue weighted by molar-refractivity contribution is 6.88. The lowest BCUT2D eigenvalue weighted by molar-refractivity contribution is 0.422. The molecule has 156 valence electrons. The molecule has 0 unspecified atom stereocenters. The number of aliphatic imine (C=N–C) groups is 1. The summed E-state index contributed by atoms with van der Waals surface area (Å²) in [6, 6.07) is 17.2. The lowest BCUT2D eigenvalue weighted by atomic mass is 10.0. The third-order valence-corrected chi connectivity index (χ3v) is 7.71. The van der Waals surface area contributed by atoms with Crippen LogP contribution in [0.1, 0.15) is 29.6 Å². The van der Waals surface area contributed by atoms with E-state index in [2.05, 4.69) is 81.8 Å². The second-order valence-electron chi connectivity index (χ2n) is 8.79. The Kier molecular flexibility index (Phi) is 4.70. The largest absolute Gasteiger partial charge is 0.332 e. The number of imidazole rings is 1. The van der Waals surface area contributed by atoms with Gasteiger partial charge in [-0.15, -0.1) is 0 Å². The van der Waals surface area contributed by atoms with Crippen molar-refractivity contribution in [2.24, 2.45) is 4.99 Å². The molecule has 31 heavy (non-hydrogen) atoms. The SMILES string of the molecule is CCc1noc(-c2ncn3c2CN=C(c2ccccc2)c2cc([Si](C)(C)C)ccc2-3)n1. The van der Waals surface area contributed by atoms with Crippen molar-refractivity contribution in [1.82, 2.24) is 19.7 Å². The fourth-order valence-corrected chi connectivity index (χ4v) is 5.05. The molecule has 0 saturated heterocycles. The first kappa shape index (κ1) is 19.6. The normalized spacial score (nSPS) is 13.4. The van der Waals surface area contributed by atoms with Crippen LogP contribution in [0.2, 0.25) is 19.6 Å². The maximum absolute atomic E-state index is 5.49. The van der Waals surface area contributed by atoms with Crippen LogP contribution >= 0.6 is 0 Å². The summed E-state index contributed by atoms with van der Waals surface area (Å²) in [5.41, 5.74) is 5.98. The standard InChI is InChI=1S/C24H25N5OSi/c1-5-21-27-24(30-28-21)23-20-14-25-22(16-9-7-6-8-10-16)18-13-17(31(2,3)4)11-12-19(18)29(20)15-26-23/h6-13,15H,5,14H2,1-4H3. The van der Waals surface area contributed by atoms with E-state index in [1.807, 2.05) is 19.3 Å². The molecule has 0 saturated carbocycles. The first-order valence-electron chi connectivity index (χ1n) is 10.6. The van der Waals surface area contributed by atoms with Gasteiger partial charge in [-0.2, -0.15) is 4.98 Å². The highest BCUT2D eigenvalue weighted by Gasteiger charge is 2.26. The van der Waals surface area contributed by atoms with Crippen molar-refractivity contribution in [2.75, 3.05) is 0 Å². The fourth-order valence-electron chi connectivity index (χ4n) is 3.89. The van der Waals surface area contributed by atoms with Crippen LogP contribution in [0.15, 0.2) is 64.4 Å². The van der Waals surface area contributed by atoms with Crippen LogP contribution in [0.4, 0.5) is 0 Å². The van der Waals surface area contributed by atoms with E-state index in [0.717, 1.165) is 34.6 Å². The van der Waals surface area contributed by atoms with Gasteiger partial charge in [-0.3, -0.25) is 9.56 Å². The Labute approximate surface area is 182 Å². The zero-order chi connectivity index (χ0) is 21.6. The lowest BCUT2D eigenvalue weighted by Gasteiger charge is -2.20. The number of nitrogens with zero attached hydrogens (tertiary/aromatic N) is 5. The lowest BCUT2D eigenvalue weighted by Crippen LogP contribution is -2.38. The molecule has 0 amide bonds. The van der Waals surface area contributed by atoms with E-state index in [1.54, 1.807) is 0 Å². The molecule has 0 fully saturated rings. The summed E-state index contributed by atoms with van der Waals surface area (Å²) in [4.78, 5) is 14.2. The minimum atomic E-state index is -1.49. The predicted molar refractivity (Wildman–Crippen MR) is 125 cm³/mol. The molecule has 0 radical (unpaired) electrons. The Morgan fingerprint density at radius 1 is 1.06 bits per heavy atom. The van der Waals surface area contributed by atoms with Gasteiger partial charge in [0.2, 0.25) is 0 Å². The van der Waals surface area contributed by atoms with E-state index in [0.29, 0.717) is 24.0 Å². The second kappa shape index (κ2) is 7.42. The Morgan fingerprint density at radius 2 is 1.87 bits per heavy atom. The van der Waals surface area contributed by atoms with Gasteiger partial charge < -0.3 is 4.52 Å². The topological polar surface area (TPSA) is 69.1 Å². The van der Waals surface area contributed by atoms with Crippen molar-refractivity contribution in [3.63, 3.8) is 0 Å². The summed E-state index contributed by atoms with van der Waals surface area (Å²) >= 11 is 0. The molecule has 4 aromatic rings. The number of hydrogen-bond acceptors (Lipinski definition) is 5. The van der Waals surface area contributed by atoms with Crippen molar-refractivity contribution in [3.05, 3.63) is 77.5 Å². The number of rotatable bonds is 4. The number of fused-ring (bicyclic) bond motifs is 3. The maximum Gasteiger partial charge on any atom is 0.278 e. The fraction of sp³-hybridized carbons (Fsp3) is 0.250. The van der Waals surface area contributed by atoms with Crippen LogP contribution in [0.3, 0.4) is 0 Å². The van der Waals surface area contributed by atoms with Gasteiger partial charge in [0.05, 0.1) is 31.7 Å². The molecule has 1 aliphatic rings. The highest BCUT2D eigenvalue weighted by Crippen LogP contribution is 2.30. The van der Waals surface area contributed by atoms with Gasteiger partial charge in [0.25, 0.3) is 5.89 Å². The molecule has 2 aromatic heterocycles. The van der Waals surface area contributed by atoms with Crippen molar-refractivity contribution in [1.29, 1.82) is 0 Å². The first-order chi connectivity index (χ1) is 15.0. The van der Waals surface area contributed by atoms with Gasteiger partial charge in [-0.25, -0.2) is 4.98 Å². The van der Waals surface area contributed by atoms with E-state index >= 15 is 0 Å². The zero-order valence-corrected chi connectivity index (χ0v) is 19.3. The molecule has 6 nitrogen and oxygen atoms in total. The number of aromatic nitrogens is 4. The Morgan fingerprint density at radius 3 is 2.58 bits per heavy atom. The Bertz CT molecular complexity index is 1280. The summed E-state index contributed by atoms with van der Waals surface area (Å²) in [6.45, 7) is 9.59. The average molecular weight is 428 g/mol. The monoisotopic (exact) mass is 427 g/mol. The second-order valence-corrected chi connectivity index (χ2v) is 13.9. The van der Waals surface area contributed by atoms with Crippen molar-refractivity contribution >= 4 is 19.0 Å². The third-order valence-electron chi connectivity index (χ3n) is 5.66. The van der Waals surface area contributed by atoms with Crippen LogP contribution in [0.25, 0.3) is 17.3 Å². The number of aryl methyl sites for hydroxylation is 1. The third kappa shape index (κ3) is 3.44. The van der Waals surface area contributed by atoms with Crippen molar-refractivity contribution in [2.45, 2.75) is 39.5 Å². The minimum Gasteiger partial charge on any atom is -0.332 e. The minimum absolute atomic E-state index is 0.448. The Hall–Kier alpha value is -3.32. The van der Waals surface area contributed by atoms with E-state index < -0.39 is 8.07 Å². The molecule has 0 N–H and O–H groups in total. The predicted octanol–water partition coefficient (Wildman–Crippen LogP) is 4.38. The molecule has 1 aliphatic heterocycles. The van der Waals surface area contributed by atoms with Crippen molar-refractivity contribution in [3.8, 4) is 17.3 Å². The molecule has 0 atom stereocenters. The van der Waals surface area contributed by atoms with Gasteiger partial charge in [-0.05, 0) is 6.07 Å². The highest BCUT2D eigenvalue weighted by atomic mass is 28.3. The summed E-state index contributed by atoms with van der Waals surface area (Å²) in [7, 11) is -1.49. The van der Waals surface area contributed by atoms with E-state index in [4.69, 9.17) is 9.52 Å². The molecule has 3 heterocycles. The van der Waals surface area contributed by atoms with Crippen LogP contribution < -0.4 is 5.19 Å². The quantitative estimate of drug-likeness (QED) is 0.453. The molecular weight excluding hydrogens is 402 g/mol. The van der Waals surface area contributed by atoms with Gasteiger partial charge in [-0.1, -0.05) is 79.4 Å². The van der Waals surface area contributed by atoms with Crippen LogP contribution in [0, 0.1) is 0 Å². The summed E-state index contributed by atoms with van der Waals surface area (Å²) < 4.78 is 7.61. The summed E-state index contributed by atoms with van der Waals surface area (Å²) in [5, 5.41) is 5.45. The molecule has 0 spiro atoms. The van der Waals surface area contributed by atoms with Crippen LogP contribution in [-0.4, -0.2) is 33.5 Å².